The largest absolute Gasteiger partial charge is 0.489 e. The minimum absolute atomic E-state index is 0.0967. The van der Waals surface area contributed by atoms with Crippen molar-refractivity contribution in [3.05, 3.63) is 59.2 Å². The molecule has 0 radical (unpaired) electrons. The quantitative estimate of drug-likeness (QED) is 0.497. The first-order valence-corrected chi connectivity index (χ1v) is 10.3. The van der Waals surface area contributed by atoms with Crippen molar-refractivity contribution in [3.8, 4) is 11.5 Å². The Morgan fingerprint density at radius 2 is 1.67 bits per heavy atom. The lowest BCUT2D eigenvalue weighted by atomic mass is 9.97. The van der Waals surface area contributed by atoms with E-state index in [4.69, 9.17) is 9.47 Å². The number of aliphatic hydroxyl groups is 1. The van der Waals surface area contributed by atoms with Gasteiger partial charge in [0.25, 0.3) is 0 Å². The number of carbonyl (C=O) groups excluding carboxylic acids is 1. The Kier molecular flexibility index (Phi) is 7.67. The SMILES string of the molecule is Cc1ccc(OCc2cc(C(O)CNC(C)(C)C)ccc2OC(=O)C(C)(C)C)cc1. The summed E-state index contributed by atoms with van der Waals surface area (Å²) in [5, 5.41) is 13.9. The summed E-state index contributed by atoms with van der Waals surface area (Å²) in [6, 6.07) is 13.1. The predicted molar refractivity (Wildman–Crippen MR) is 120 cm³/mol. The second-order valence-electron chi connectivity index (χ2n) is 9.76. The van der Waals surface area contributed by atoms with E-state index in [1.54, 1.807) is 12.1 Å². The molecule has 1 unspecified atom stereocenters. The van der Waals surface area contributed by atoms with Crippen molar-refractivity contribution in [2.45, 2.75) is 66.7 Å². The highest BCUT2D eigenvalue weighted by Crippen LogP contribution is 2.28. The molecule has 1 atom stereocenters. The molecule has 0 aliphatic heterocycles. The van der Waals surface area contributed by atoms with Gasteiger partial charge in [-0.15, -0.1) is 0 Å². The van der Waals surface area contributed by atoms with Crippen LogP contribution in [0, 0.1) is 12.3 Å². The fourth-order valence-electron chi connectivity index (χ4n) is 2.59. The summed E-state index contributed by atoms with van der Waals surface area (Å²) < 4.78 is 11.6. The van der Waals surface area contributed by atoms with Gasteiger partial charge in [-0.2, -0.15) is 0 Å². The van der Waals surface area contributed by atoms with Gasteiger partial charge in [0.05, 0.1) is 11.5 Å². The van der Waals surface area contributed by atoms with Gasteiger partial charge in [0, 0.05) is 17.6 Å². The Hall–Kier alpha value is -2.37. The standard InChI is InChI=1S/C25H35NO4/c1-17-8-11-20(12-9-17)29-16-19-14-18(21(27)15-26-25(5,6)7)10-13-22(19)30-23(28)24(2,3)4/h8-14,21,26-27H,15-16H2,1-7H3. The maximum absolute atomic E-state index is 12.4. The molecule has 0 fully saturated rings. The van der Waals surface area contributed by atoms with Crippen LogP contribution in [0.4, 0.5) is 0 Å². The third-order valence-corrected chi connectivity index (χ3v) is 4.53. The Morgan fingerprint density at radius 1 is 1.03 bits per heavy atom. The highest BCUT2D eigenvalue weighted by atomic mass is 16.5. The van der Waals surface area contributed by atoms with Crippen LogP contribution in [0.3, 0.4) is 0 Å². The molecule has 2 aromatic carbocycles. The monoisotopic (exact) mass is 413 g/mol. The molecule has 164 valence electrons. The van der Waals surface area contributed by atoms with Crippen LogP contribution < -0.4 is 14.8 Å². The van der Waals surface area contributed by atoms with Crippen LogP contribution in [0.5, 0.6) is 11.5 Å². The zero-order valence-electron chi connectivity index (χ0n) is 19.2. The average Bonchev–Trinajstić information content (AvgIpc) is 2.65. The Morgan fingerprint density at radius 3 is 2.23 bits per heavy atom. The van der Waals surface area contributed by atoms with E-state index in [0.717, 1.165) is 16.9 Å². The van der Waals surface area contributed by atoms with Gasteiger partial charge >= 0.3 is 5.97 Å². The van der Waals surface area contributed by atoms with Crippen LogP contribution in [0.15, 0.2) is 42.5 Å². The molecule has 5 heteroatoms. The van der Waals surface area contributed by atoms with E-state index in [1.807, 2.05) is 58.0 Å². The van der Waals surface area contributed by atoms with Crippen molar-refractivity contribution in [2.24, 2.45) is 5.41 Å². The van der Waals surface area contributed by atoms with E-state index in [1.165, 1.54) is 0 Å². The first-order chi connectivity index (χ1) is 13.8. The molecule has 0 aromatic heterocycles. The lowest BCUT2D eigenvalue weighted by Crippen LogP contribution is -2.38. The maximum Gasteiger partial charge on any atom is 0.316 e. The normalized spacial score (nSPS) is 13.1. The van der Waals surface area contributed by atoms with Crippen LogP contribution in [0.2, 0.25) is 0 Å². The number of nitrogens with one attached hydrogen (secondary N) is 1. The number of ether oxygens (including phenoxy) is 2. The van der Waals surface area contributed by atoms with Gasteiger partial charge in [0.15, 0.2) is 0 Å². The Bertz CT molecular complexity index is 845. The summed E-state index contributed by atoms with van der Waals surface area (Å²) in [7, 11) is 0. The van der Waals surface area contributed by atoms with Crippen molar-refractivity contribution in [1.29, 1.82) is 0 Å². The van der Waals surface area contributed by atoms with E-state index >= 15 is 0 Å². The first-order valence-electron chi connectivity index (χ1n) is 10.3. The molecular formula is C25H35NO4. The predicted octanol–water partition coefficient (Wildman–Crippen LogP) is 4.95. The second kappa shape index (κ2) is 9.63. The summed E-state index contributed by atoms with van der Waals surface area (Å²) in [5.41, 5.74) is 1.88. The lowest BCUT2D eigenvalue weighted by molar-refractivity contribution is -0.143. The van der Waals surface area contributed by atoms with Crippen molar-refractivity contribution in [1.82, 2.24) is 5.32 Å². The van der Waals surface area contributed by atoms with E-state index in [9.17, 15) is 9.90 Å². The van der Waals surface area contributed by atoms with Crippen LogP contribution in [-0.4, -0.2) is 23.2 Å². The first kappa shape index (κ1) is 23.9. The molecule has 0 saturated carbocycles. The summed E-state index contributed by atoms with van der Waals surface area (Å²) in [6.07, 6.45) is -0.685. The van der Waals surface area contributed by atoms with E-state index in [2.05, 4.69) is 26.1 Å². The molecule has 2 N–H and O–H groups in total. The fraction of sp³-hybridized carbons (Fsp3) is 0.480. The van der Waals surface area contributed by atoms with Crippen LogP contribution in [-0.2, 0) is 11.4 Å². The Labute approximate surface area is 180 Å². The molecule has 2 rings (SSSR count). The van der Waals surface area contributed by atoms with Gasteiger partial charge in [-0.1, -0.05) is 23.8 Å². The van der Waals surface area contributed by atoms with Crippen LogP contribution >= 0.6 is 0 Å². The number of carbonyl (C=O) groups is 1. The summed E-state index contributed by atoms with van der Waals surface area (Å²) in [5.74, 6) is 0.859. The van der Waals surface area contributed by atoms with E-state index < -0.39 is 11.5 Å². The fourth-order valence-corrected chi connectivity index (χ4v) is 2.59. The average molecular weight is 414 g/mol. The minimum Gasteiger partial charge on any atom is -0.489 e. The number of aliphatic hydroxyl groups excluding tert-OH is 1. The number of aryl methyl sites for hydroxylation is 1. The highest BCUT2D eigenvalue weighted by molar-refractivity contribution is 5.78. The Balaban J connectivity index is 2.24. The molecule has 0 saturated heterocycles. The second-order valence-corrected chi connectivity index (χ2v) is 9.76. The van der Waals surface area contributed by atoms with Crippen LogP contribution in [0.1, 0.15) is 64.3 Å². The molecule has 0 heterocycles. The van der Waals surface area contributed by atoms with Crippen molar-refractivity contribution >= 4 is 5.97 Å². The zero-order valence-corrected chi connectivity index (χ0v) is 19.2. The number of rotatable bonds is 7. The summed E-state index contributed by atoms with van der Waals surface area (Å²) in [6.45, 7) is 14.3. The third kappa shape index (κ3) is 7.47. The van der Waals surface area contributed by atoms with E-state index in [-0.39, 0.29) is 18.1 Å². The maximum atomic E-state index is 12.4. The van der Waals surface area contributed by atoms with Gasteiger partial charge in [-0.3, -0.25) is 4.79 Å². The number of hydrogen-bond donors (Lipinski definition) is 2. The molecule has 0 aliphatic carbocycles. The summed E-state index contributed by atoms with van der Waals surface area (Å²) in [4.78, 5) is 12.4. The number of β-amino-alcohol motifs (C(OH)–C–C–N with tert-alkyl or cyclic N) is 1. The van der Waals surface area contributed by atoms with Crippen LogP contribution in [0.25, 0.3) is 0 Å². The number of esters is 1. The van der Waals surface area contributed by atoms with Gasteiger partial charge < -0.3 is 19.9 Å². The molecule has 0 amide bonds. The van der Waals surface area contributed by atoms with Crippen molar-refractivity contribution in [2.75, 3.05) is 6.54 Å². The smallest absolute Gasteiger partial charge is 0.316 e. The third-order valence-electron chi connectivity index (χ3n) is 4.53. The minimum atomic E-state index is -0.685. The molecule has 5 nitrogen and oxygen atoms in total. The van der Waals surface area contributed by atoms with Gasteiger partial charge in [-0.25, -0.2) is 0 Å². The lowest BCUT2D eigenvalue weighted by Gasteiger charge is -2.24. The van der Waals surface area contributed by atoms with Gasteiger partial charge in [-0.05, 0) is 78.3 Å². The molecule has 2 aromatic rings. The molecule has 0 bridgehead atoms. The highest BCUT2D eigenvalue weighted by Gasteiger charge is 2.25. The van der Waals surface area contributed by atoms with Gasteiger partial charge in [0.1, 0.15) is 18.1 Å². The summed E-state index contributed by atoms with van der Waals surface area (Å²) >= 11 is 0. The molecular weight excluding hydrogens is 378 g/mol. The van der Waals surface area contributed by atoms with Gasteiger partial charge in [0.2, 0.25) is 0 Å². The number of hydrogen-bond acceptors (Lipinski definition) is 5. The van der Waals surface area contributed by atoms with Crippen molar-refractivity contribution in [3.63, 3.8) is 0 Å². The zero-order chi connectivity index (χ0) is 22.5. The molecule has 0 spiro atoms. The van der Waals surface area contributed by atoms with E-state index in [0.29, 0.717) is 17.9 Å². The van der Waals surface area contributed by atoms with Crippen molar-refractivity contribution < 1.29 is 19.4 Å². The number of benzene rings is 2. The molecule has 0 aliphatic rings. The molecule has 30 heavy (non-hydrogen) atoms. The topological polar surface area (TPSA) is 67.8 Å².